The highest BCUT2D eigenvalue weighted by molar-refractivity contribution is 7.89. The summed E-state index contributed by atoms with van der Waals surface area (Å²) in [7, 11) is -3.58. The first-order chi connectivity index (χ1) is 9.49. The van der Waals surface area contributed by atoms with Crippen molar-refractivity contribution < 1.29 is 13.2 Å². The van der Waals surface area contributed by atoms with Crippen LogP contribution in [0.25, 0.3) is 0 Å². The zero-order valence-corrected chi connectivity index (χ0v) is 11.7. The van der Waals surface area contributed by atoms with Crippen LogP contribution in [0.5, 0.6) is 0 Å². The van der Waals surface area contributed by atoms with E-state index >= 15 is 0 Å². The predicted molar refractivity (Wildman–Crippen MR) is 74.7 cm³/mol. The fourth-order valence-electron chi connectivity index (χ4n) is 1.63. The van der Waals surface area contributed by atoms with Crippen molar-refractivity contribution in [3.05, 3.63) is 59.9 Å². The van der Waals surface area contributed by atoms with Crippen LogP contribution in [0.1, 0.15) is 22.8 Å². The molecule has 2 rings (SSSR count). The summed E-state index contributed by atoms with van der Waals surface area (Å²) in [5.41, 5.74) is 1.31. The molecule has 20 heavy (non-hydrogen) atoms. The SMILES string of the molecule is CC(=O)c1ccc(S(=O)(=O)NCc2ccncc2)cc1. The molecule has 0 aliphatic carbocycles. The van der Waals surface area contributed by atoms with Crippen LogP contribution in [0.15, 0.2) is 53.7 Å². The third-order valence-electron chi connectivity index (χ3n) is 2.79. The van der Waals surface area contributed by atoms with E-state index in [0.29, 0.717) is 5.56 Å². The number of ketones is 1. The highest BCUT2D eigenvalue weighted by atomic mass is 32.2. The second-order valence-electron chi connectivity index (χ2n) is 4.26. The third kappa shape index (κ3) is 3.49. The summed E-state index contributed by atoms with van der Waals surface area (Å²) in [5, 5.41) is 0. The summed E-state index contributed by atoms with van der Waals surface area (Å²) in [6.45, 7) is 1.63. The van der Waals surface area contributed by atoms with Crippen molar-refractivity contribution in [3.8, 4) is 0 Å². The Labute approximate surface area is 117 Å². The molecule has 0 fully saturated rings. The largest absolute Gasteiger partial charge is 0.295 e. The quantitative estimate of drug-likeness (QED) is 0.851. The summed E-state index contributed by atoms with van der Waals surface area (Å²) in [5.74, 6) is -0.0984. The molecule has 0 saturated carbocycles. The topological polar surface area (TPSA) is 76.1 Å². The van der Waals surface area contributed by atoms with Crippen LogP contribution in [0.2, 0.25) is 0 Å². The van der Waals surface area contributed by atoms with Gasteiger partial charge in [0.2, 0.25) is 10.0 Å². The molecule has 0 unspecified atom stereocenters. The Morgan fingerprint density at radius 1 is 1.10 bits per heavy atom. The highest BCUT2D eigenvalue weighted by Crippen LogP contribution is 2.11. The van der Waals surface area contributed by atoms with E-state index < -0.39 is 10.0 Å². The van der Waals surface area contributed by atoms with E-state index in [1.807, 2.05) is 0 Å². The molecule has 1 heterocycles. The van der Waals surface area contributed by atoms with Crippen molar-refractivity contribution in [2.75, 3.05) is 0 Å². The van der Waals surface area contributed by atoms with Crippen LogP contribution in [0.4, 0.5) is 0 Å². The number of sulfonamides is 1. The highest BCUT2D eigenvalue weighted by Gasteiger charge is 2.13. The minimum absolute atomic E-state index is 0.0984. The lowest BCUT2D eigenvalue weighted by molar-refractivity contribution is 0.101. The van der Waals surface area contributed by atoms with Gasteiger partial charge >= 0.3 is 0 Å². The van der Waals surface area contributed by atoms with Gasteiger partial charge in [0.05, 0.1) is 4.90 Å². The molecule has 0 bridgehead atoms. The molecule has 104 valence electrons. The summed E-state index contributed by atoms with van der Waals surface area (Å²) in [4.78, 5) is 15.1. The normalized spacial score (nSPS) is 11.2. The zero-order valence-electron chi connectivity index (χ0n) is 10.9. The third-order valence-corrected chi connectivity index (χ3v) is 4.20. The molecule has 1 aromatic carbocycles. The molecule has 0 aliphatic rings. The molecule has 0 atom stereocenters. The number of aromatic nitrogens is 1. The van der Waals surface area contributed by atoms with Gasteiger partial charge in [0, 0.05) is 24.5 Å². The van der Waals surface area contributed by atoms with Gasteiger partial charge in [-0.2, -0.15) is 0 Å². The molecule has 0 spiro atoms. The lowest BCUT2D eigenvalue weighted by Gasteiger charge is -2.07. The smallest absolute Gasteiger partial charge is 0.240 e. The maximum absolute atomic E-state index is 12.1. The Bertz CT molecular complexity index is 695. The number of carbonyl (C=O) groups excluding carboxylic acids is 1. The number of rotatable bonds is 5. The maximum atomic E-state index is 12.1. The fourth-order valence-corrected chi connectivity index (χ4v) is 2.65. The number of benzene rings is 1. The van der Waals surface area contributed by atoms with Crippen LogP contribution in [-0.2, 0) is 16.6 Å². The number of nitrogens with zero attached hydrogens (tertiary/aromatic N) is 1. The summed E-state index contributed by atoms with van der Waals surface area (Å²) < 4.78 is 26.6. The molecule has 0 amide bonds. The molecule has 1 N–H and O–H groups in total. The minimum atomic E-state index is -3.58. The minimum Gasteiger partial charge on any atom is -0.295 e. The van der Waals surface area contributed by atoms with E-state index in [9.17, 15) is 13.2 Å². The van der Waals surface area contributed by atoms with Crippen molar-refractivity contribution >= 4 is 15.8 Å². The summed E-state index contributed by atoms with van der Waals surface area (Å²) in [6.07, 6.45) is 3.20. The van der Waals surface area contributed by atoms with Gasteiger partial charge in [-0.3, -0.25) is 9.78 Å². The van der Waals surface area contributed by atoms with E-state index in [1.54, 1.807) is 24.5 Å². The van der Waals surface area contributed by atoms with Crippen molar-refractivity contribution in [1.82, 2.24) is 9.71 Å². The first kappa shape index (κ1) is 14.4. The van der Waals surface area contributed by atoms with Crippen LogP contribution in [0.3, 0.4) is 0 Å². The molecule has 2 aromatic rings. The number of carbonyl (C=O) groups is 1. The van der Waals surface area contributed by atoms with Crippen molar-refractivity contribution in [1.29, 1.82) is 0 Å². The Morgan fingerprint density at radius 3 is 2.25 bits per heavy atom. The van der Waals surface area contributed by atoms with Crippen LogP contribution < -0.4 is 4.72 Å². The van der Waals surface area contributed by atoms with Gasteiger partial charge in [-0.05, 0) is 36.8 Å². The Morgan fingerprint density at radius 2 is 1.70 bits per heavy atom. The van der Waals surface area contributed by atoms with Crippen LogP contribution in [-0.4, -0.2) is 19.2 Å². The molecule has 0 saturated heterocycles. The standard InChI is InChI=1S/C14H14N2O3S/c1-11(17)13-2-4-14(5-3-13)20(18,19)16-10-12-6-8-15-9-7-12/h2-9,16H,10H2,1H3. The number of Topliss-reactive ketones (excluding diaryl/α,β-unsaturated/α-hetero) is 1. The first-order valence-electron chi connectivity index (χ1n) is 5.98. The van der Waals surface area contributed by atoms with Crippen LogP contribution >= 0.6 is 0 Å². The van der Waals surface area contributed by atoms with Gasteiger partial charge in [0.25, 0.3) is 0 Å². The second kappa shape index (κ2) is 5.94. The molecular formula is C14H14N2O3S. The molecule has 1 aromatic heterocycles. The molecular weight excluding hydrogens is 276 g/mol. The van der Waals surface area contributed by atoms with Crippen LogP contribution in [0, 0.1) is 0 Å². The Hall–Kier alpha value is -2.05. The van der Waals surface area contributed by atoms with Gasteiger partial charge in [0.15, 0.2) is 5.78 Å². The molecule has 5 nitrogen and oxygen atoms in total. The Kier molecular flexibility index (Phi) is 4.26. The molecule has 0 aliphatic heterocycles. The van der Waals surface area contributed by atoms with Gasteiger partial charge in [-0.15, -0.1) is 0 Å². The van der Waals surface area contributed by atoms with E-state index in [-0.39, 0.29) is 17.2 Å². The monoisotopic (exact) mass is 290 g/mol. The average molecular weight is 290 g/mol. The number of hydrogen-bond donors (Lipinski definition) is 1. The first-order valence-corrected chi connectivity index (χ1v) is 7.47. The van der Waals surface area contributed by atoms with E-state index in [1.165, 1.54) is 31.2 Å². The summed E-state index contributed by atoms with van der Waals surface area (Å²) in [6, 6.07) is 9.33. The summed E-state index contributed by atoms with van der Waals surface area (Å²) >= 11 is 0. The Balaban J connectivity index is 2.12. The second-order valence-corrected chi connectivity index (χ2v) is 6.03. The average Bonchev–Trinajstić information content (AvgIpc) is 2.46. The van der Waals surface area contributed by atoms with E-state index in [0.717, 1.165) is 5.56 Å². The van der Waals surface area contributed by atoms with Gasteiger partial charge in [-0.25, -0.2) is 13.1 Å². The van der Waals surface area contributed by atoms with Crippen molar-refractivity contribution in [2.24, 2.45) is 0 Å². The molecule has 6 heteroatoms. The lowest BCUT2D eigenvalue weighted by Crippen LogP contribution is -2.23. The lowest BCUT2D eigenvalue weighted by atomic mass is 10.2. The van der Waals surface area contributed by atoms with E-state index in [2.05, 4.69) is 9.71 Å². The number of hydrogen-bond acceptors (Lipinski definition) is 4. The fraction of sp³-hybridized carbons (Fsp3) is 0.143. The predicted octanol–water partition coefficient (Wildman–Crippen LogP) is 1.76. The van der Waals surface area contributed by atoms with Crippen molar-refractivity contribution in [2.45, 2.75) is 18.4 Å². The van der Waals surface area contributed by atoms with E-state index in [4.69, 9.17) is 0 Å². The number of nitrogens with one attached hydrogen (secondary N) is 1. The van der Waals surface area contributed by atoms with Crippen molar-refractivity contribution in [3.63, 3.8) is 0 Å². The number of pyridine rings is 1. The molecule has 0 radical (unpaired) electrons. The van der Waals surface area contributed by atoms with Gasteiger partial charge in [-0.1, -0.05) is 12.1 Å². The maximum Gasteiger partial charge on any atom is 0.240 e. The zero-order chi connectivity index (χ0) is 14.6. The van der Waals surface area contributed by atoms with Gasteiger partial charge in [0.1, 0.15) is 0 Å². The van der Waals surface area contributed by atoms with Gasteiger partial charge < -0.3 is 0 Å².